The van der Waals surface area contributed by atoms with Crippen LogP contribution < -0.4 is 0 Å². The van der Waals surface area contributed by atoms with Gasteiger partial charge in [-0.2, -0.15) is 0 Å². The minimum atomic E-state index is -0.0702. The zero-order valence-corrected chi connectivity index (χ0v) is 24.4. The maximum Gasteiger partial charge on any atom is 0.0625 e. The molecule has 0 bridgehead atoms. The molecule has 1 aliphatic carbocycles. The average Bonchev–Trinajstić information content (AvgIpc) is 3.48. The van der Waals surface area contributed by atoms with Gasteiger partial charge in [-0.1, -0.05) is 124 Å². The van der Waals surface area contributed by atoms with E-state index in [9.17, 15) is 0 Å². The van der Waals surface area contributed by atoms with Crippen molar-refractivity contribution in [2.75, 3.05) is 0 Å². The molecule has 8 rings (SSSR count). The largest absolute Gasteiger partial charge is 0.309 e. The monoisotopic (exact) mass is 539 g/mol. The van der Waals surface area contributed by atoms with Crippen molar-refractivity contribution in [3.05, 3.63) is 145 Å². The molecule has 1 heteroatoms. The van der Waals surface area contributed by atoms with Gasteiger partial charge >= 0.3 is 0 Å². The van der Waals surface area contributed by atoms with E-state index in [0.717, 1.165) is 6.42 Å². The van der Waals surface area contributed by atoms with Gasteiger partial charge in [-0.3, -0.25) is 0 Å². The smallest absolute Gasteiger partial charge is 0.0625 e. The molecular weight excluding hydrogens is 506 g/mol. The number of hydrogen-bond acceptors (Lipinski definition) is 0. The van der Waals surface area contributed by atoms with Crippen molar-refractivity contribution in [1.82, 2.24) is 4.57 Å². The van der Waals surface area contributed by atoms with Gasteiger partial charge in [-0.15, -0.1) is 0 Å². The molecule has 0 atom stereocenters. The highest BCUT2D eigenvalue weighted by atomic mass is 15.0. The van der Waals surface area contributed by atoms with Crippen LogP contribution in [-0.2, 0) is 5.41 Å². The summed E-state index contributed by atoms with van der Waals surface area (Å²) in [5, 5.41) is 7.81. The lowest BCUT2D eigenvalue weighted by molar-refractivity contribution is 0.661. The Balaban J connectivity index is 1.56. The molecule has 0 spiro atoms. The Labute approximate surface area is 247 Å². The third kappa shape index (κ3) is 3.31. The molecule has 1 aliphatic rings. The van der Waals surface area contributed by atoms with Crippen LogP contribution in [0.4, 0.5) is 0 Å². The SMILES string of the molecule is C=C/C(=C\CC)c1ccc(-n2c3cc4c(cc3c3c5ccccc5c5ccccc5c32)-c2ccccc2C4(C)C)cc1. The van der Waals surface area contributed by atoms with E-state index in [1.807, 2.05) is 6.08 Å². The lowest BCUT2D eigenvalue weighted by Crippen LogP contribution is -2.14. The Hall–Kier alpha value is -4.88. The number of benzene rings is 6. The van der Waals surface area contributed by atoms with E-state index < -0.39 is 0 Å². The highest BCUT2D eigenvalue weighted by Gasteiger charge is 2.36. The predicted molar refractivity (Wildman–Crippen MR) is 182 cm³/mol. The summed E-state index contributed by atoms with van der Waals surface area (Å²) in [4.78, 5) is 0. The topological polar surface area (TPSA) is 4.93 Å². The minimum Gasteiger partial charge on any atom is -0.309 e. The molecule has 1 aromatic heterocycles. The van der Waals surface area contributed by atoms with Crippen molar-refractivity contribution in [3.63, 3.8) is 0 Å². The van der Waals surface area contributed by atoms with Crippen molar-refractivity contribution < 1.29 is 0 Å². The van der Waals surface area contributed by atoms with E-state index in [-0.39, 0.29) is 5.41 Å². The molecule has 0 amide bonds. The standard InChI is InChI=1S/C41H33N/c1-5-13-26(6-2)27-20-22-28(23-21-27)42-38-25-37-34(31-16-11-12-19-36(31)41(37,3)4)24-35(38)39-32-17-9-7-14-29(32)30-15-8-10-18-33(30)40(39)42/h6-25H,2,5H2,1,3-4H3/b26-13+. The molecular formula is C41H33N. The fourth-order valence-electron chi connectivity index (χ4n) is 7.48. The Bertz CT molecular complexity index is 2250. The summed E-state index contributed by atoms with van der Waals surface area (Å²) >= 11 is 0. The van der Waals surface area contributed by atoms with Gasteiger partial charge in [0.2, 0.25) is 0 Å². The van der Waals surface area contributed by atoms with Crippen LogP contribution in [0.15, 0.2) is 128 Å². The number of hydrogen-bond donors (Lipinski definition) is 0. The summed E-state index contributed by atoms with van der Waals surface area (Å²) in [6, 6.07) is 40.7. The lowest BCUT2D eigenvalue weighted by Gasteiger charge is -2.21. The summed E-state index contributed by atoms with van der Waals surface area (Å²) < 4.78 is 2.51. The van der Waals surface area contributed by atoms with E-state index in [1.54, 1.807) is 0 Å². The normalized spacial score (nSPS) is 14.1. The number of rotatable bonds is 4. The van der Waals surface area contributed by atoms with Crippen LogP contribution in [0, 0.1) is 0 Å². The molecule has 0 N–H and O–H groups in total. The second kappa shape index (κ2) is 9.06. The second-order valence-electron chi connectivity index (χ2n) is 12.1. The van der Waals surface area contributed by atoms with Crippen LogP contribution in [0.25, 0.3) is 65.7 Å². The summed E-state index contributed by atoms with van der Waals surface area (Å²) in [5.41, 5.74) is 11.5. The van der Waals surface area contributed by atoms with Gasteiger partial charge < -0.3 is 4.57 Å². The fraction of sp³-hybridized carbons (Fsp3) is 0.122. The second-order valence-corrected chi connectivity index (χ2v) is 12.1. The van der Waals surface area contributed by atoms with Crippen LogP contribution in [0.3, 0.4) is 0 Å². The van der Waals surface area contributed by atoms with Crippen molar-refractivity contribution >= 4 is 48.9 Å². The maximum absolute atomic E-state index is 4.06. The van der Waals surface area contributed by atoms with Crippen LogP contribution in [0.1, 0.15) is 43.9 Å². The average molecular weight is 540 g/mol. The zero-order chi connectivity index (χ0) is 28.6. The van der Waals surface area contributed by atoms with Gasteiger partial charge in [0.05, 0.1) is 11.0 Å². The van der Waals surface area contributed by atoms with Gasteiger partial charge in [0.1, 0.15) is 0 Å². The molecule has 202 valence electrons. The number of aromatic nitrogens is 1. The first-order valence-corrected chi connectivity index (χ1v) is 15.0. The van der Waals surface area contributed by atoms with Crippen molar-refractivity contribution in [3.8, 4) is 16.8 Å². The van der Waals surface area contributed by atoms with E-state index in [4.69, 9.17) is 0 Å². The first kappa shape index (κ1) is 24.9. The van der Waals surface area contributed by atoms with Crippen molar-refractivity contribution in [2.24, 2.45) is 0 Å². The van der Waals surface area contributed by atoms with Gasteiger partial charge in [0, 0.05) is 27.3 Å². The summed E-state index contributed by atoms with van der Waals surface area (Å²) in [6.45, 7) is 11.0. The number of allylic oxidation sites excluding steroid dienone is 3. The highest BCUT2D eigenvalue weighted by molar-refractivity contribution is 6.32. The Morgan fingerprint density at radius 3 is 2.05 bits per heavy atom. The fourth-order valence-corrected chi connectivity index (χ4v) is 7.48. The summed E-state index contributed by atoms with van der Waals surface area (Å²) in [5.74, 6) is 0. The van der Waals surface area contributed by atoms with Gasteiger partial charge in [0.25, 0.3) is 0 Å². The predicted octanol–water partition coefficient (Wildman–Crippen LogP) is 11.4. The molecule has 0 radical (unpaired) electrons. The molecule has 1 heterocycles. The number of nitrogens with zero attached hydrogens (tertiary/aromatic N) is 1. The molecule has 0 fully saturated rings. The van der Waals surface area contributed by atoms with E-state index in [0.29, 0.717) is 0 Å². The Morgan fingerprint density at radius 1 is 0.690 bits per heavy atom. The zero-order valence-electron chi connectivity index (χ0n) is 24.4. The van der Waals surface area contributed by atoms with Crippen LogP contribution >= 0.6 is 0 Å². The molecule has 0 saturated carbocycles. The van der Waals surface area contributed by atoms with E-state index in [1.165, 1.54) is 82.4 Å². The molecule has 0 saturated heterocycles. The summed E-state index contributed by atoms with van der Waals surface area (Å²) in [7, 11) is 0. The van der Waals surface area contributed by atoms with E-state index >= 15 is 0 Å². The minimum absolute atomic E-state index is 0.0702. The van der Waals surface area contributed by atoms with Crippen molar-refractivity contribution in [1.29, 1.82) is 0 Å². The summed E-state index contributed by atoms with van der Waals surface area (Å²) in [6.07, 6.45) is 5.19. The first-order chi connectivity index (χ1) is 20.5. The van der Waals surface area contributed by atoms with Gasteiger partial charge in [-0.25, -0.2) is 0 Å². The van der Waals surface area contributed by atoms with Gasteiger partial charge in [-0.05, 0) is 80.2 Å². The quantitative estimate of drug-likeness (QED) is 0.155. The van der Waals surface area contributed by atoms with Gasteiger partial charge in [0.15, 0.2) is 0 Å². The molecule has 0 aliphatic heterocycles. The highest BCUT2D eigenvalue weighted by Crippen LogP contribution is 2.52. The third-order valence-corrected chi connectivity index (χ3v) is 9.44. The molecule has 42 heavy (non-hydrogen) atoms. The molecule has 0 unspecified atom stereocenters. The Morgan fingerprint density at radius 2 is 1.33 bits per heavy atom. The van der Waals surface area contributed by atoms with Crippen LogP contribution in [0.5, 0.6) is 0 Å². The number of fused-ring (bicyclic) bond motifs is 11. The van der Waals surface area contributed by atoms with Crippen molar-refractivity contribution in [2.45, 2.75) is 32.6 Å². The molecule has 7 aromatic rings. The van der Waals surface area contributed by atoms with Crippen LogP contribution in [0.2, 0.25) is 0 Å². The molecule has 1 nitrogen and oxygen atoms in total. The third-order valence-electron chi connectivity index (χ3n) is 9.44. The maximum atomic E-state index is 4.06. The lowest BCUT2D eigenvalue weighted by atomic mass is 9.82. The van der Waals surface area contributed by atoms with Crippen LogP contribution in [-0.4, -0.2) is 4.57 Å². The van der Waals surface area contributed by atoms with E-state index in [2.05, 4.69) is 147 Å². The molecule has 6 aromatic carbocycles. The Kier molecular flexibility index (Phi) is 5.37. The first-order valence-electron chi connectivity index (χ1n) is 15.0.